The average molecular weight is 449 g/mol. The highest BCUT2D eigenvalue weighted by Gasteiger charge is 2.26. The fourth-order valence-corrected chi connectivity index (χ4v) is 3.95. The van der Waals surface area contributed by atoms with Crippen LogP contribution in [0.25, 0.3) is 11.4 Å². The fourth-order valence-electron chi connectivity index (χ4n) is 3.95. The van der Waals surface area contributed by atoms with Gasteiger partial charge in [-0.05, 0) is 56.5 Å². The minimum Gasteiger partial charge on any atom is -0.490 e. The number of likely N-dealkylation sites (tertiary alicyclic amines) is 1. The zero-order valence-corrected chi connectivity index (χ0v) is 18.9. The number of hydrogen-bond donors (Lipinski definition) is 1. The van der Waals surface area contributed by atoms with E-state index in [4.69, 9.17) is 9.47 Å². The van der Waals surface area contributed by atoms with Crippen molar-refractivity contribution >= 4 is 5.91 Å². The Hall–Kier alpha value is -3.68. The second-order valence-electron chi connectivity index (χ2n) is 8.06. The molecule has 1 aromatic carbocycles. The molecule has 2 aromatic heterocycles. The van der Waals surface area contributed by atoms with E-state index in [1.165, 1.54) is 6.07 Å². The molecule has 172 valence electrons. The zero-order chi connectivity index (χ0) is 23.2. The zero-order valence-electron chi connectivity index (χ0n) is 18.9. The molecule has 4 rings (SSSR count). The Morgan fingerprint density at radius 3 is 2.64 bits per heavy atom. The number of aromatic nitrogens is 3. The van der Waals surface area contributed by atoms with Crippen LogP contribution >= 0.6 is 0 Å². The Kier molecular flexibility index (Phi) is 7.02. The number of aryl methyl sites for hydroxylation is 1. The van der Waals surface area contributed by atoms with E-state index in [0.717, 1.165) is 18.4 Å². The molecule has 1 aliphatic heterocycles. The number of hydrogen-bond acceptors (Lipinski definition) is 6. The molecule has 8 nitrogen and oxygen atoms in total. The van der Waals surface area contributed by atoms with E-state index in [-0.39, 0.29) is 24.0 Å². The molecule has 1 amide bonds. The van der Waals surface area contributed by atoms with E-state index < -0.39 is 0 Å². The summed E-state index contributed by atoms with van der Waals surface area (Å²) in [4.78, 5) is 38.5. The molecule has 3 heterocycles. The summed E-state index contributed by atoms with van der Waals surface area (Å²) in [5.74, 6) is 1.87. The highest BCUT2D eigenvalue weighted by molar-refractivity contribution is 5.78. The predicted molar refractivity (Wildman–Crippen MR) is 124 cm³/mol. The van der Waals surface area contributed by atoms with E-state index in [9.17, 15) is 9.59 Å². The van der Waals surface area contributed by atoms with E-state index in [2.05, 4.69) is 15.0 Å². The maximum atomic E-state index is 12.7. The van der Waals surface area contributed by atoms with Crippen molar-refractivity contribution in [3.05, 3.63) is 70.4 Å². The third-order valence-electron chi connectivity index (χ3n) is 5.67. The number of carbonyl (C=O) groups is 1. The van der Waals surface area contributed by atoms with Crippen LogP contribution in [0.5, 0.6) is 11.5 Å². The van der Waals surface area contributed by atoms with Crippen LogP contribution in [0.1, 0.15) is 37.1 Å². The van der Waals surface area contributed by atoms with Crippen LogP contribution in [0.15, 0.2) is 53.5 Å². The Morgan fingerprint density at radius 1 is 1.09 bits per heavy atom. The second-order valence-corrected chi connectivity index (χ2v) is 8.06. The maximum absolute atomic E-state index is 12.7. The van der Waals surface area contributed by atoms with Gasteiger partial charge in [-0.25, -0.2) is 4.98 Å². The first-order chi connectivity index (χ1) is 16.0. The highest BCUT2D eigenvalue weighted by atomic mass is 16.5. The molecular formula is C25H28N4O4. The topological polar surface area (TPSA) is 97.4 Å². The van der Waals surface area contributed by atoms with Crippen LogP contribution in [0, 0.1) is 6.92 Å². The number of nitrogens with one attached hydrogen (secondary N) is 1. The summed E-state index contributed by atoms with van der Waals surface area (Å²) in [5, 5.41) is 0. The number of aromatic amines is 1. The van der Waals surface area contributed by atoms with Gasteiger partial charge in [-0.15, -0.1) is 0 Å². The minimum atomic E-state index is -0.198. The monoisotopic (exact) mass is 448 g/mol. The fraction of sp³-hybridized carbons (Fsp3) is 0.360. The smallest absolute Gasteiger partial charge is 0.260 e. The normalized spacial score (nSPS) is 14.2. The molecule has 0 aliphatic carbocycles. The summed E-state index contributed by atoms with van der Waals surface area (Å²) in [6.45, 7) is 5.54. The van der Waals surface area contributed by atoms with Crippen LogP contribution in [0.3, 0.4) is 0 Å². The SMILES string of the molecule is CCOc1cc(C)ccc1OCC(=O)N1CCC(c2nc(-c3ccccn3)cc(=O)[nH]2)CC1. The van der Waals surface area contributed by atoms with Crippen molar-refractivity contribution in [2.24, 2.45) is 0 Å². The minimum absolute atomic E-state index is 0.0436. The molecule has 0 atom stereocenters. The molecule has 0 radical (unpaired) electrons. The third kappa shape index (κ3) is 5.58. The van der Waals surface area contributed by atoms with Crippen molar-refractivity contribution in [2.75, 3.05) is 26.3 Å². The van der Waals surface area contributed by atoms with Crippen molar-refractivity contribution in [1.82, 2.24) is 19.9 Å². The molecule has 3 aromatic rings. The summed E-state index contributed by atoms with van der Waals surface area (Å²) in [6, 6.07) is 12.6. The maximum Gasteiger partial charge on any atom is 0.260 e. The first-order valence-corrected chi connectivity index (χ1v) is 11.2. The van der Waals surface area contributed by atoms with E-state index in [1.54, 1.807) is 11.1 Å². The number of pyridine rings is 1. The lowest BCUT2D eigenvalue weighted by atomic mass is 9.95. The first-order valence-electron chi connectivity index (χ1n) is 11.2. The number of carbonyl (C=O) groups excluding carboxylic acids is 1. The number of piperidine rings is 1. The van der Waals surface area contributed by atoms with E-state index in [1.807, 2.05) is 50.2 Å². The van der Waals surface area contributed by atoms with Crippen molar-refractivity contribution in [3.8, 4) is 22.9 Å². The van der Waals surface area contributed by atoms with Gasteiger partial charge in [0.05, 0.1) is 18.0 Å². The van der Waals surface area contributed by atoms with Gasteiger partial charge < -0.3 is 19.4 Å². The van der Waals surface area contributed by atoms with Gasteiger partial charge in [-0.1, -0.05) is 12.1 Å². The Balaban J connectivity index is 1.36. The van der Waals surface area contributed by atoms with Crippen LogP contribution in [-0.2, 0) is 4.79 Å². The van der Waals surface area contributed by atoms with Crippen LogP contribution in [-0.4, -0.2) is 52.1 Å². The molecule has 1 fully saturated rings. The summed E-state index contributed by atoms with van der Waals surface area (Å²) in [6.07, 6.45) is 3.11. The lowest BCUT2D eigenvalue weighted by Gasteiger charge is -2.31. The molecule has 1 aliphatic rings. The Bertz CT molecular complexity index is 1150. The third-order valence-corrected chi connectivity index (χ3v) is 5.67. The number of ether oxygens (including phenoxy) is 2. The predicted octanol–water partition coefficient (Wildman–Crippen LogP) is 3.32. The Morgan fingerprint density at radius 2 is 1.91 bits per heavy atom. The second kappa shape index (κ2) is 10.3. The number of rotatable bonds is 7. The average Bonchev–Trinajstić information content (AvgIpc) is 2.84. The van der Waals surface area contributed by atoms with Gasteiger partial charge in [0.15, 0.2) is 18.1 Å². The standard InChI is InChI=1S/C25H28N4O4/c1-3-32-22-14-17(2)7-8-21(22)33-16-24(31)29-12-9-18(10-13-29)25-27-20(15-23(30)28-25)19-6-4-5-11-26-19/h4-8,11,14-15,18H,3,9-10,12-13,16H2,1-2H3,(H,27,28,30). The van der Waals surface area contributed by atoms with Crippen LogP contribution in [0.2, 0.25) is 0 Å². The number of nitrogens with zero attached hydrogens (tertiary/aromatic N) is 3. The van der Waals surface area contributed by atoms with Gasteiger partial charge in [0.2, 0.25) is 0 Å². The number of benzene rings is 1. The van der Waals surface area contributed by atoms with Crippen molar-refractivity contribution < 1.29 is 14.3 Å². The largest absolute Gasteiger partial charge is 0.490 e. The van der Waals surface area contributed by atoms with E-state index >= 15 is 0 Å². The van der Waals surface area contributed by atoms with Gasteiger partial charge in [0, 0.05) is 31.3 Å². The lowest BCUT2D eigenvalue weighted by Crippen LogP contribution is -2.41. The van der Waals surface area contributed by atoms with Crippen molar-refractivity contribution in [3.63, 3.8) is 0 Å². The van der Waals surface area contributed by atoms with Gasteiger partial charge in [-0.2, -0.15) is 0 Å². The quantitative estimate of drug-likeness (QED) is 0.596. The molecule has 0 spiro atoms. The van der Waals surface area contributed by atoms with Gasteiger partial charge >= 0.3 is 0 Å². The van der Waals surface area contributed by atoms with Crippen molar-refractivity contribution in [2.45, 2.75) is 32.6 Å². The molecule has 0 saturated carbocycles. The molecule has 33 heavy (non-hydrogen) atoms. The number of amides is 1. The summed E-state index contributed by atoms with van der Waals surface area (Å²) < 4.78 is 11.4. The molecule has 1 saturated heterocycles. The summed E-state index contributed by atoms with van der Waals surface area (Å²) in [7, 11) is 0. The molecule has 0 unspecified atom stereocenters. The molecule has 0 bridgehead atoms. The molecule has 1 N–H and O–H groups in total. The molecular weight excluding hydrogens is 420 g/mol. The lowest BCUT2D eigenvalue weighted by molar-refractivity contribution is -0.134. The summed E-state index contributed by atoms with van der Waals surface area (Å²) in [5.41, 5.74) is 2.09. The molecule has 8 heteroatoms. The first kappa shape index (κ1) is 22.5. The van der Waals surface area contributed by atoms with Gasteiger partial charge in [0.1, 0.15) is 5.82 Å². The van der Waals surface area contributed by atoms with Crippen LogP contribution < -0.4 is 15.0 Å². The van der Waals surface area contributed by atoms with Crippen molar-refractivity contribution in [1.29, 1.82) is 0 Å². The van der Waals surface area contributed by atoms with Gasteiger partial charge in [0.25, 0.3) is 11.5 Å². The number of H-pyrrole nitrogens is 1. The van der Waals surface area contributed by atoms with E-state index in [0.29, 0.717) is 48.4 Å². The summed E-state index contributed by atoms with van der Waals surface area (Å²) >= 11 is 0. The highest BCUT2D eigenvalue weighted by Crippen LogP contribution is 2.29. The van der Waals surface area contributed by atoms with Gasteiger partial charge in [-0.3, -0.25) is 14.6 Å². The van der Waals surface area contributed by atoms with Crippen LogP contribution in [0.4, 0.5) is 0 Å². The Labute approximate surface area is 192 Å².